The van der Waals surface area contributed by atoms with Gasteiger partial charge in [-0.25, -0.2) is 14.2 Å². The number of nitrogens with zero attached hydrogens (tertiary/aromatic N) is 1. The van der Waals surface area contributed by atoms with Gasteiger partial charge in [-0.1, -0.05) is 0 Å². The summed E-state index contributed by atoms with van der Waals surface area (Å²) in [6.07, 6.45) is -4.44. The van der Waals surface area contributed by atoms with Crippen molar-refractivity contribution in [2.24, 2.45) is 0 Å². The fourth-order valence-corrected chi connectivity index (χ4v) is 0.931. The SMILES string of the molecule is COC(=O)c1cc(F)cnc1C(F)(F)F. The van der Waals surface area contributed by atoms with E-state index >= 15 is 0 Å². The molecule has 3 nitrogen and oxygen atoms in total. The van der Waals surface area contributed by atoms with E-state index in [0.29, 0.717) is 12.3 Å². The van der Waals surface area contributed by atoms with Crippen LogP contribution in [-0.2, 0) is 10.9 Å². The summed E-state index contributed by atoms with van der Waals surface area (Å²) in [7, 11) is 0.896. The number of halogens is 4. The predicted octanol–water partition coefficient (Wildman–Crippen LogP) is 2.03. The minimum atomic E-state index is -4.82. The first kappa shape index (κ1) is 11.4. The molecule has 0 aliphatic heterocycles. The third-order valence-electron chi connectivity index (χ3n) is 1.53. The van der Waals surface area contributed by atoms with Gasteiger partial charge in [-0.2, -0.15) is 13.2 Å². The predicted molar refractivity (Wildman–Crippen MR) is 40.5 cm³/mol. The standard InChI is InChI=1S/C8H5F4NO2/c1-15-7(14)5-2-4(9)3-13-6(5)8(10,11)12/h2-3H,1H3. The van der Waals surface area contributed by atoms with Gasteiger partial charge in [-0.3, -0.25) is 0 Å². The molecule has 0 atom stereocenters. The molecule has 0 aliphatic carbocycles. The van der Waals surface area contributed by atoms with Gasteiger partial charge in [0.15, 0.2) is 5.69 Å². The molecule has 0 amide bonds. The highest BCUT2D eigenvalue weighted by Gasteiger charge is 2.37. The van der Waals surface area contributed by atoms with Gasteiger partial charge in [0.25, 0.3) is 0 Å². The number of aromatic nitrogens is 1. The fraction of sp³-hybridized carbons (Fsp3) is 0.250. The third-order valence-corrected chi connectivity index (χ3v) is 1.53. The number of alkyl halides is 3. The minimum Gasteiger partial charge on any atom is -0.465 e. The van der Waals surface area contributed by atoms with Crippen LogP contribution >= 0.6 is 0 Å². The first-order valence-electron chi connectivity index (χ1n) is 3.67. The molecule has 1 aromatic rings. The molecule has 1 aromatic heterocycles. The third kappa shape index (κ3) is 2.42. The molecule has 0 fully saturated rings. The van der Waals surface area contributed by atoms with E-state index in [2.05, 4.69) is 9.72 Å². The second-order valence-electron chi connectivity index (χ2n) is 2.54. The Hall–Kier alpha value is -1.66. The molecule has 0 aromatic carbocycles. The zero-order valence-corrected chi connectivity index (χ0v) is 7.43. The Labute approximate surface area is 81.7 Å². The van der Waals surface area contributed by atoms with Gasteiger partial charge in [-0.15, -0.1) is 0 Å². The van der Waals surface area contributed by atoms with E-state index in [-0.39, 0.29) is 0 Å². The zero-order valence-electron chi connectivity index (χ0n) is 7.43. The number of ether oxygens (including phenoxy) is 1. The van der Waals surface area contributed by atoms with Crippen LogP contribution in [-0.4, -0.2) is 18.1 Å². The zero-order chi connectivity index (χ0) is 11.6. The smallest absolute Gasteiger partial charge is 0.434 e. The van der Waals surface area contributed by atoms with E-state index < -0.39 is 29.2 Å². The number of hydrogen-bond acceptors (Lipinski definition) is 3. The Morgan fingerprint density at radius 3 is 2.53 bits per heavy atom. The first-order valence-corrected chi connectivity index (χ1v) is 3.67. The monoisotopic (exact) mass is 223 g/mol. The van der Waals surface area contributed by atoms with Crippen LogP contribution in [0.15, 0.2) is 12.3 Å². The highest BCUT2D eigenvalue weighted by molar-refractivity contribution is 5.90. The molecule has 7 heteroatoms. The number of pyridine rings is 1. The molecular weight excluding hydrogens is 218 g/mol. The summed E-state index contributed by atoms with van der Waals surface area (Å²) < 4.78 is 53.5. The van der Waals surface area contributed by atoms with Crippen LogP contribution < -0.4 is 0 Å². The quantitative estimate of drug-likeness (QED) is 0.540. The van der Waals surface area contributed by atoms with E-state index in [1.807, 2.05) is 0 Å². The second kappa shape index (κ2) is 3.84. The lowest BCUT2D eigenvalue weighted by Crippen LogP contribution is -2.16. The average Bonchev–Trinajstić information content (AvgIpc) is 2.14. The molecule has 82 valence electrons. The summed E-state index contributed by atoms with van der Waals surface area (Å²) in [6.45, 7) is 0. The summed E-state index contributed by atoms with van der Waals surface area (Å²) in [6, 6.07) is 0.432. The number of carbonyl (C=O) groups excluding carboxylic acids is 1. The molecule has 0 saturated heterocycles. The van der Waals surface area contributed by atoms with Gasteiger partial charge in [0.05, 0.1) is 18.9 Å². The second-order valence-corrected chi connectivity index (χ2v) is 2.54. The number of hydrogen-bond donors (Lipinski definition) is 0. The van der Waals surface area contributed by atoms with Crippen LogP contribution in [0.3, 0.4) is 0 Å². The van der Waals surface area contributed by atoms with E-state index in [1.54, 1.807) is 0 Å². The van der Waals surface area contributed by atoms with Crippen molar-refractivity contribution in [2.75, 3.05) is 7.11 Å². The minimum absolute atomic E-state index is 0.384. The van der Waals surface area contributed by atoms with Crippen molar-refractivity contribution >= 4 is 5.97 Å². The van der Waals surface area contributed by atoms with Gasteiger partial charge in [-0.05, 0) is 6.07 Å². The Bertz CT molecular complexity index is 389. The summed E-state index contributed by atoms with van der Waals surface area (Å²) in [5.74, 6) is -2.32. The lowest BCUT2D eigenvalue weighted by atomic mass is 10.2. The van der Waals surface area contributed by atoms with E-state index in [4.69, 9.17) is 0 Å². The highest BCUT2D eigenvalue weighted by Crippen LogP contribution is 2.30. The molecule has 0 radical (unpaired) electrons. The van der Waals surface area contributed by atoms with E-state index in [9.17, 15) is 22.4 Å². The maximum atomic E-state index is 12.6. The number of esters is 1. The van der Waals surface area contributed by atoms with Gasteiger partial charge in [0.1, 0.15) is 5.82 Å². The van der Waals surface area contributed by atoms with Gasteiger partial charge < -0.3 is 4.74 Å². The van der Waals surface area contributed by atoms with Crippen LogP contribution in [0.2, 0.25) is 0 Å². The van der Waals surface area contributed by atoms with Crippen LogP contribution in [0.5, 0.6) is 0 Å². The Morgan fingerprint density at radius 1 is 1.47 bits per heavy atom. The summed E-state index contributed by atoms with van der Waals surface area (Å²) in [5, 5.41) is 0. The Morgan fingerprint density at radius 2 is 2.07 bits per heavy atom. The molecular formula is C8H5F4NO2. The topological polar surface area (TPSA) is 39.2 Å². The maximum Gasteiger partial charge on any atom is 0.434 e. The molecule has 0 aliphatic rings. The van der Waals surface area contributed by atoms with Gasteiger partial charge >= 0.3 is 12.1 Å². The van der Waals surface area contributed by atoms with Gasteiger partial charge in [0.2, 0.25) is 0 Å². The molecule has 0 spiro atoms. The Kier molecular flexibility index (Phi) is 2.92. The van der Waals surface area contributed by atoms with E-state index in [1.165, 1.54) is 0 Å². The average molecular weight is 223 g/mol. The largest absolute Gasteiger partial charge is 0.465 e. The van der Waals surface area contributed by atoms with Crippen molar-refractivity contribution in [3.63, 3.8) is 0 Å². The molecule has 1 heterocycles. The summed E-state index contributed by atoms with van der Waals surface area (Å²) in [5.41, 5.74) is -2.40. The maximum absolute atomic E-state index is 12.6. The molecule has 0 bridgehead atoms. The fourth-order valence-electron chi connectivity index (χ4n) is 0.931. The highest BCUT2D eigenvalue weighted by atomic mass is 19.4. The molecule has 0 saturated carbocycles. The van der Waals surface area contributed by atoms with Crippen molar-refractivity contribution < 1.29 is 27.1 Å². The lowest BCUT2D eigenvalue weighted by Gasteiger charge is -2.09. The van der Waals surface area contributed by atoms with Crippen molar-refractivity contribution in [3.8, 4) is 0 Å². The van der Waals surface area contributed by atoms with Crippen LogP contribution in [0.25, 0.3) is 0 Å². The van der Waals surface area contributed by atoms with E-state index in [0.717, 1.165) is 7.11 Å². The van der Waals surface area contributed by atoms with Crippen molar-refractivity contribution in [2.45, 2.75) is 6.18 Å². The van der Waals surface area contributed by atoms with Crippen LogP contribution in [0.4, 0.5) is 17.6 Å². The normalized spacial score (nSPS) is 11.3. The summed E-state index contributed by atoms with van der Waals surface area (Å²) >= 11 is 0. The van der Waals surface area contributed by atoms with Crippen molar-refractivity contribution in [1.82, 2.24) is 4.98 Å². The molecule has 1 rings (SSSR count). The molecule has 0 N–H and O–H groups in total. The first-order chi connectivity index (χ1) is 6.86. The lowest BCUT2D eigenvalue weighted by molar-refractivity contribution is -0.141. The molecule has 15 heavy (non-hydrogen) atoms. The molecule has 0 unspecified atom stereocenters. The summed E-state index contributed by atoms with van der Waals surface area (Å²) in [4.78, 5) is 13.7. The number of carbonyl (C=O) groups is 1. The van der Waals surface area contributed by atoms with Gasteiger partial charge in [0, 0.05) is 0 Å². The van der Waals surface area contributed by atoms with Crippen molar-refractivity contribution in [3.05, 3.63) is 29.3 Å². The van der Waals surface area contributed by atoms with Crippen molar-refractivity contribution in [1.29, 1.82) is 0 Å². The van der Waals surface area contributed by atoms with Crippen LogP contribution in [0, 0.1) is 5.82 Å². The number of rotatable bonds is 1. The van der Waals surface area contributed by atoms with Crippen LogP contribution in [0.1, 0.15) is 16.1 Å². The Balaban J connectivity index is 3.33. The number of methoxy groups -OCH3 is 1.